The molecule has 1 aliphatic heterocycles. The van der Waals surface area contributed by atoms with E-state index in [9.17, 15) is 31.2 Å². The van der Waals surface area contributed by atoms with Crippen molar-refractivity contribution in [3.63, 3.8) is 0 Å². The Kier molecular flexibility index (Phi) is 8.68. The Bertz CT molecular complexity index is 1140. The van der Waals surface area contributed by atoms with E-state index in [1.165, 1.54) is 28.6 Å². The van der Waals surface area contributed by atoms with Gasteiger partial charge in [-0.2, -0.15) is 17.5 Å². The normalized spacial score (nSPS) is 16.1. The number of ketones is 1. The molecular formula is C24H26F3N3O4S. The van der Waals surface area contributed by atoms with Crippen LogP contribution < -0.4 is 10.6 Å². The number of hydrogen-bond donors (Lipinski definition) is 2. The first-order valence-electron chi connectivity index (χ1n) is 11.1. The number of piperidine rings is 1. The SMILES string of the molecule is O=C(Nc1ccc(S(=O)(=O)N2CCCCC2)cc1)C(Cc1ccccc1)N/C=C/C(=O)C(F)(F)F. The Hall–Kier alpha value is -3.18. The number of hydrogen-bond acceptors (Lipinski definition) is 5. The lowest BCUT2D eigenvalue weighted by Gasteiger charge is -2.26. The summed E-state index contributed by atoms with van der Waals surface area (Å²) in [4.78, 5) is 24.1. The maximum Gasteiger partial charge on any atom is 0.454 e. The van der Waals surface area contributed by atoms with Gasteiger partial charge in [-0.05, 0) is 42.7 Å². The third-order valence-electron chi connectivity index (χ3n) is 5.49. The van der Waals surface area contributed by atoms with Crippen LogP contribution >= 0.6 is 0 Å². The van der Waals surface area contributed by atoms with Crippen LogP contribution in [0.25, 0.3) is 0 Å². The average molecular weight is 510 g/mol. The summed E-state index contributed by atoms with van der Waals surface area (Å²) in [5, 5.41) is 5.19. The molecule has 3 rings (SSSR count). The molecule has 1 heterocycles. The Morgan fingerprint density at radius 3 is 2.20 bits per heavy atom. The number of anilines is 1. The summed E-state index contributed by atoms with van der Waals surface area (Å²) in [6, 6.07) is 13.5. The summed E-state index contributed by atoms with van der Waals surface area (Å²) in [5.74, 6) is -2.61. The highest BCUT2D eigenvalue weighted by Crippen LogP contribution is 2.22. The van der Waals surface area contributed by atoms with Crippen molar-refractivity contribution in [2.45, 2.75) is 42.8 Å². The Labute approximate surface area is 202 Å². The number of alkyl halides is 3. The number of benzene rings is 2. The maximum atomic E-state index is 12.9. The van der Waals surface area contributed by atoms with Gasteiger partial charge in [-0.1, -0.05) is 36.8 Å². The van der Waals surface area contributed by atoms with Gasteiger partial charge in [0.05, 0.1) is 4.90 Å². The largest absolute Gasteiger partial charge is 0.454 e. The van der Waals surface area contributed by atoms with Crippen LogP contribution in [-0.4, -0.2) is 49.7 Å². The standard InChI is InChI=1S/C24H26F3N3O4S/c25-24(26,27)22(31)13-14-28-21(17-18-7-3-1-4-8-18)23(32)29-19-9-11-20(12-10-19)35(33,34)30-15-5-2-6-16-30/h1,3-4,7-14,21,28H,2,5-6,15-17H2,(H,29,32)/b14-13+. The van der Waals surface area contributed by atoms with Crippen molar-refractivity contribution in [2.75, 3.05) is 18.4 Å². The third-order valence-corrected chi connectivity index (χ3v) is 7.40. The van der Waals surface area contributed by atoms with Gasteiger partial charge in [0.25, 0.3) is 5.78 Å². The molecule has 0 aromatic heterocycles. The lowest BCUT2D eigenvalue weighted by molar-refractivity contribution is -0.165. The molecule has 1 unspecified atom stereocenters. The zero-order valence-electron chi connectivity index (χ0n) is 18.8. The van der Waals surface area contributed by atoms with Gasteiger partial charge in [0, 0.05) is 37.5 Å². The minimum Gasteiger partial charge on any atom is -0.379 e. The fraction of sp³-hybridized carbons (Fsp3) is 0.333. The number of carbonyl (C=O) groups excluding carboxylic acids is 2. The Balaban J connectivity index is 1.71. The number of carbonyl (C=O) groups is 2. The lowest BCUT2D eigenvalue weighted by Crippen LogP contribution is -2.40. The summed E-state index contributed by atoms with van der Waals surface area (Å²) < 4.78 is 64.4. The van der Waals surface area contributed by atoms with E-state index >= 15 is 0 Å². The quantitative estimate of drug-likeness (QED) is 0.504. The smallest absolute Gasteiger partial charge is 0.379 e. The number of nitrogens with zero attached hydrogens (tertiary/aromatic N) is 1. The summed E-state index contributed by atoms with van der Waals surface area (Å²) in [7, 11) is -3.62. The molecule has 2 aromatic rings. The Morgan fingerprint density at radius 1 is 0.971 bits per heavy atom. The van der Waals surface area contributed by atoms with Crippen LogP contribution in [0.15, 0.2) is 71.8 Å². The second-order valence-electron chi connectivity index (χ2n) is 8.08. The molecule has 2 N–H and O–H groups in total. The number of halogens is 3. The van der Waals surface area contributed by atoms with Gasteiger partial charge in [0.15, 0.2) is 0 Å². The van der Waals surface area contributed by atoms with Gasteiger partial charge in [0.1, 0.15) is 6.04 Å². The molecule has 11 heteroatoms. The Morgan fingerprint density at radius 2 is 1.60 bits per heavy atom. The number of sulfonamides is 1. The molecule has 0 saturated carbocycles. The van der Waals surface area contributed by atoms with Crippen LogP contribution in [0.4, 0.5) is 18.9 Å². The second-order valence-corrected chi connectivity index (χ2v) is 10.0. The van der Waals surface area contributed by atoms with Gasteiger partial charge < -0.3 is 10.6 Å². The van der Waals surface area contributed by atoms with Gasteiger partial charge in [-0.25, -0.2) is 8.42 Å². The van der Waals surface area contributed by atoms with Crippen LogP contribution in [0.5, 0.6) is 0 Å². The predicted molar refractivity (Wildman–Crippen MR) is 125 cm³/mol. The second kappa shape index (κ2) is 11.5. The van der Waals surface area contributed by atoms with Crippen molar-refractivity contribution >= 4 is 27.4 Å². The molecule has 1 aliphatic rings. The number of nitrogens with one attached hydrogen (secondary N) is 2. The van der Waals surface area contributed by atoms with Gasteiger partial charge >= 0.3 is 6.18 Å². The van der Waals surface area contributed by atoms with E-state index in [1.807, 2.05) is 0 Å². The number of rotatable bonds is 9. The van der Waals surface area contributed by atoms with Crippen LogP contribution in [0.3, 0.4) is 0 Å². The fourth-order valence-corrected chi connectivity index (χ4v) is 5.12. The number of allylic oxidation sites excluding steroid dienone is 1. The molecule has 0 spiro atoms. The number of amides is 1. The average Bonchev–Trinajstić information content (AvgIpc) is 2.84. The molecule has 0 bridgehead atoms. The highest BCUT2D eigenvalue weighted by atomic mass is 32.2. The highest BCUT2D eigenvalue weighted by molar-refractivity contribution is 7.89. The van der Waals surface area contributed by atoms with Crippen molar-refractivity contribution in [2.24, 2.45) is 0 Å². The van der Waals surface area contributed by atoms with Gasteiger partial charge in [0.2, 0.25) is 15.9 Å². The van der Waals surface area contributed by atoms with Crippen LogP contribution in [0.2, 0.25) is 0 Å². The predicted octanol–water partition coefficient (Wildman–Crippen LogP) is 3.65. The zero-order valence-corrected chi connectivity index (χ0v) is 19.6. The third kappa shape index (κ3) is 7.40. The highest BCUT2D eigenvalue weighted by Gasteiger charge is 2.36. The molecular weight excluding hydrogens is 483 g/mol. The van der Waals surface area contributed by atoms with Gasteiger partial charge in [-0.15, -0.1) is 0 Å². The molecule has 188 valence electrons. The van der Waals surface area contributed by atoms with Gasteiger partial charge in [-0.3, -0.25) is 9.59 Å². The molecule has 1 atom stereocenters. The van der Waals surface area contributed by atoms with E-state index in [4.69, 9.17) is 0 Å². The molecule has 7 nitrogen and oxygen atoms in total. The molecule has 2 aromatic carbocycles. The van der Waals surface area contributed by atoms with E-state index in [0.29, 0.717) is 24.9 Å². The van der Waals surface area contributed by atoms with Crippen LogP contribution in [0.1, 0.15) is 24.8 Å². The molecule has 0 aliphatic carbocycles. The molecule has 35 heavy (non-hydrogen) atoms. The van der Waals surface area contributed by atoms with E-state index in [1.54, 1.807) is 30.3 Å². The maximum absolute atomic E-state index is 12.9. The molecule has 1 fully saturated rings. The molecule has 1 saturated heterocycles. The first-order chi connectivity index (χ1) is 16.6. The van der Waals surface area contributed by atoms with Crippen LogP contribution in [-0.2, 0) is 26.0 Å². The molecule has 1 amide bonds. The lowest BCUT2D eigenvalue weighted by atomic mass is 10.1. The van der Waals surface area contributed by atoms with Crippen molar-refractivity contribution in [1.82, 2.24) is 9.62 Å². The minimum atomic E-state index is -5.01. The summed E-state index contributed by atoms with van der Waals surface area (Å²) >= 11 is 0. The summed E-state index contributed by atoms with van der Waals surface area (Å²) in [6.45, 7) is 0.941. The fourth-order valence-electron chi connectivity index (χ4n) is 3.61. The molecule has 0 radical (unpaired) electrons. The van der Waals surface area contributed by atoms with E-state index in [0.717, 1.165) is 31.0 Å². The summed E-state index contributed by atoms with van der Waals surface area (Å²) in [5.41, 5.74) is 1.07. The van der Waals surface area contributed by atoms with Crippen molar-refractivity contribution < 1.29 is 31.2 Å². The summed E-state index contributed by atoms with van der Waals surface area (Å²) in [6.07, 6.45) is -1.12. The topological polar surface area (TPSA) is 95.6 Å². The first-order valence-corrected chi connectivity index (χ1v) is 12.5. The first kappa shape index (κ1) is 26.4. The monoisotopic (exact) mass is 509 g/mol. The van der Waals surface area contributed by atoms with Crippen molar-refractivity contribution in [3.05, 3.63) is 72.4 Å². The van der Waals surface area contributed by atoms with E-state index < -0.39 is 33.9 Å². The van der Waals surface area contributed by atoms with Crippen molar-refractivity contribution in [3.8, 4) is 0 Å². The van der Waals surface area contributed by atoms with Crippen LogP contribution in [0, 0.1) is 0 Å². The van der Waals surface area contributed by atoms with E-state index in [-0.39, 0.29) is 11.3 Å². The zero-order chi connectivity index (χ0) is 25.5. The van der Waals surface area contributed by atoms with E-state index in [2.05, 4.69) is 10.6 Å². The van der Waals surface area contributed by atoms with Crippen molar-refractivity contribution in [1.29, 1.82) is 0 Å². The minimum absolute atomic E-state index is 0.116.